The highest BCUT2D eigenvalue weighted by molar-refractivity contribution is 5.93. The summed E-state index contributed by atoms with van der Waals surface area (Å²) in [5, 5.41) is 7.46. The van der Waals surface area contributed by atoms with Crippen molar-refractivity contribution in [3.05, 3.63) is 22.5 Å². The van der Waals surface area contributed by atoms with Crippen LogP contribution in [0.1, 0.15) is 43.6 Å². The number of aromatic nitrogens is 5. The van der Waals surface area contributed by atoms with Crippen molar-refractivity contribution >= 4 is 11.6 Å². The minimum Gasteiger partial charge on any atom is -0.458 e. The number of hydrogen-bond acceptors (Lipinski definition) is 6. The van der Waals surface area contributed by atoms with Crippen molar-refractivity contribution in [3.63, 3.8) is 0 Å². The van der Waals surface area contributed by atoms with E-state index in [1.54, 1.807) is 0 Å². The van der Waals surface area contributed by atoms with Crippen LogP contribution in [0.2, 0.25) is 0 Å². The first-order chi connectivity index (χ1) is 9.58. The molecule has 2 aromatic heterocycles. The van der Waals surface area contributed by atoms with Crippen LogP contribution in [0.25, 0.3) is 5.65 Å². The van der Waals surface area contributed by atoms with Crippen LogP contribution in [0.3, 0.4) is 0 Å². The van der Waals surface area contributed by atoms with Crippen molar-refractivity contribution in [2.45, 2.75) is 39.2 Å². The molecule has 0 aliphatic heterocycles. The van der Waals surface area contributed by atoms with Crippen LogP contribution in [0, 0.1) is 0 Å². The molecule has 2 rings (SSSR count). The van der Waals surface area contributed by atoms with E-state index < -0.39 is 11.7 Å². The van der Waals surface area contributed by atoms with E-state index in [4.69, 9.17) is 4.74 Å². The maximum atomic E-state index is 12.1. The lowest BCUT2D eigenvalue weighted by atomic mass is 10.1. The van der Waals surface area contributed by atoms with Crippen LogP contribution in [0.4, 0.5) is 0 Å². The van der Waals surface area contributed by atoms with E-state index in [-0.39, 0.29) is 17.4 Å². The van der Waals surface area contributed by atoms with Gasteiger partial charge in [0.1, 0.15) is 12.4 Å². The molecule has 0 N–H and O–H groups in total. The van der Waals surface area contributed by atoms with Crippen LogP contribution < -0.4 is 5.69 Å². The van der Waals surface area contributed by atoms with Crippen LogP contribution in [0.5, 0.6) is 0 Å². The van der Waals surface area contributed by atoms with E-state index >= 15 is 0 Å². The fourth-order valence-corrected chi connectivity index (χ4v) is 1.90. The van der Waals surface area contributed by atoms with Crippen molar-refractivity contribution in [1.82, 2.24) is 24.4 Å². The number of carbonyl (C=O) groups is 1. The van der Waals surface area contributed by atoms with Crippen LogP contribution >= 0.6 is 0 Å². The number of hydrogen-bond donors (Lipinski definition) is 0. The first-order valence-corrected chi connectivity index (χ1v) is 6.56. The summed E-state index contributed by atoms with van der Waals surface area (Å²) in [6, 6.07) is 0. The Balaban J connectivity index is 2.31. The molecule has 2 aromatic rings. The Morgan fingerprint density at radius 1 is 1.45 bits per heavy atom. The lowest BCUT2D eigenvalue weighted by Crippen LogP contribution is -2.27. The Bertz CT molecular complexity index is 675. The first kappa shape index (κ1) is 14.2. The molecule has 0 amide bonds. The molecule has 2 heterocycles. The van der Waals surface area contributed by atoms with Crippen molar-refractivity contribution in [1.29, 1.82) is 0 Å². The fraction of sp³-hybridized carbons (Fsp3) is 0.583. The van der Waals surface area contributed by atoms with Gasteiger partial charge in [-0.2, -0.15) is 4.68 Å². The predicted octanol–water partition coefficient (Wildman–Crippen LogP) is 0.558. The van der Waals surface area contributed by atoms with Gasteiger partial charge in [0.2, 0.25) is 0 Å². The molecular formula is C12H17N5O3. The quantitative estimate of drug-likeness (QED) is 0.743. The average molecular weight is 279 g/mol. The summed E-state index contributed by atoms with van der Waals surface area (Å²) in [4.78, 5) is 27.8. The zero-order chi connectivity index (χ0) is 14.7. The van der Waals surface area contributed by atoms with Gasteiger partial charge in [-0.1, -0.05) is 25.5 Å². The molecule has 0 aliphatic carbocycles. The van der Waals surface area contributed by atoms with Crippen LogP contribution in [-0.2, 0) is 11.8 Å². The largest absolute Gasteiger partial charge is 0.458 e. The minimum absolute atomic E-state index is 0.0183. The lowest BCUT2D eigenvalue weighted by Gasteiger charge is -2.14. The highest BCUT2D eigenvalue weighted by atomic mass is 16.5. The average Bonchev–Trinajstić information content (AvgIpc) is 2.87. The van der Waals surface area contributed by atoms with Crippen LogP contribution in [-0.4, -0.2) is 36.5 Å². The topological polar surface area (TPSA) is 91.4 Å². The molecule has 1 unspecified atom stereocenters. The third-order valence-electron chi connectivity index (χ3n) is 3.03. The van der Waals surface area contributed by atoms with Gasteiger partial charge >= 0.3 is 11.7 Å². The molecule has 1 atom stereocenters. The number of carbonyl (C=O) groups excluding carboxylic acids is 1. The van der Waals surface area contributed by atoms with Gasteiger partial charge in [-0.3, -0.25) is 0 Å². The fourth-order valence-electron chi connectivity index (χ4n) is 1.90. The van der Waals surface area contributed by atoms with Gasteiger partial charge in [0, 0.05) is 7.05 Å². The SMILES string of the molecule is CCCC(CC)OC(=O)c1ncn2c(=O)n(C)nnc12. The molecule has 8 heteroatoms. The number of fused-ring (bicyclic) bond motifs is 1. The molecule has 20 heavy (non-hydrogen) atoms. The number of aryl methyl sites for hydroxylation is 1. The first-order valence-electron chi connectivity index (χ1n) is 6.56. The summed E-state index contributed by atoms with van der Waals surface area (Å²) >= 11 is 0. The Labute approximate surface area is 115 Å². The predicted molar refractivity (Wildman–Crippen MR) is 70.4 cm³/mol. The zero-order valence-electron chi connectivity index (χ0n) is 11.7. The van der Waals surface area contributed by atoms with E-state index in [0.717, 1.165) is 23.9 Å². The molecule has 0 spiro atoms. The number of rotatable bonds is 5. The molecule has 0 aliphatic rings. The summed E-state index contributed by atoms with van der Waals surface area (Å²) in [5.41, 5.74) is -0.281. The highest BCUT2D eigenvalue weighted by Crippen LogP contribution is 2.11. The van der Waals surface area contributed by atoms with Crippen molar-refractivity contribution in [2.75, 3.05) is 0 Å². The molecular weight excluding hydrogens is 262 g/mol. The van der Waals surface area contributed by atoms with Gasteiger partial charge in [-0.05, 0) is 12.8 Å². The Morgan fingerprint density at radius 2 is 2.20 bits per heavy atom. The minimum atomic E-state index is -0.574. The zero-order valence-corrected chi connectivity index (χ0v) is 11.7. The van der Waals surface area contributed by atoms with E-state index in [9.17, 15) is 9.59 Å². The van der Waals surface area contributed by atoms with E-state index in [0.29, 0.717) is 0 Å². The molecule has 108 valence electrons. The van der Waals surface area contributed by atoms with E-state index in [1.165, 1.54) is 17.8 Å². The number of imidazole rings is 1. The number of esters is 1. The molecule has 8 nitrogen and oxygen atoms in total. The van der Waals surface area contributed by atoms with E-state index in [1.807, 2.05) is 13.8 Å². The molecule has 0 saturated carbocycles. The highest BCUT2D eigenvalue weighted by Gasteiger charge is 2.21. The second-order valence-corrected chi connectivity index (χ2v) is 4.51. The standard InChI is InChI=1S/C12H17N5O3/c1-4-6-8(5-2)20-11(18)9-10-14-15-16(3)12(19)17(10)7-13-9/h7-8H,4-6H2,1-3H3. The van der Waals surface area contributed by atoms with Crippen LogP contribution in [0.15, 0.2) is 11.1 Å². The second-order valence-electron chi connectivity index (χ2n) is 4.51. The summed E-state index contributed by atoms with van der Waals surface area (Å²) < 4.78 is 7.61. The van der Waals surface area contributed by atoms with Gasteiger partial charge in [0.25, 0.3) is 0 Å². The summed E-state index contributed by atoms with van der Waals surface area (Å²) in [7, 11) is 1.47. The lowest BCUT2D eigenvalue weighted by molar-refractivity contribution is 0.0267. The second kappa shape index (κ2) is 5.81. The third-order valence-corrected chi connectivity index (χ3v) is 3.03. The van der Waals surface area contributed by atoms with Gasteiger partial charge in [-0.15, -0.1) is 5.10 Å². The molecule has 0 fully saturated rings. The van der Waals surface area contributed by atoms with E-state index in [2.05, 4.69) is 15.3 Å². The Morgan fingerprint density at radius 3 is 2.85 bits per heavy atom. The van der Waals surface area contributed by atoms with Crippen molar-refractivity contribution < 1.29 is 9.53 Å². The van der Waals surface area contributed by atoms with Gasteiger partial charge in [-0.25, -0.2) is 19.0 Å². The summed E-state index contributed by atoms with van der Waals surface area (Å²) in [5.74, 6) is -0.574. The molecule has 0 saturated heterocycles. The van der Waals surface area contributed by atoms with Gasteiger partial charge < -0.3 is 4.74 Å². The number of nitrogens with zero attached hydrogens (tertiary/aromatic N) is 5. The maximum Gasteiger partial charge on any atom is 0.361 e. The van der Waals surface area contributed by atoms with Crippen molar-refractivity contribution in [2.24, 2.45) is 7.05 Å². The number of ether oxygens (including phenoxy) is 1. The monoisotopic (exact) mass is 279 g/mol. The third kappa shape index (κ3) is 2.54. The maximum absolute atomic E-state index is 12.1. The summed E-state index contributed by atoms with van der Waals surface area (Å²) in [6.45, 7) is 3.98. The van der Waals surface area contributed by atoms with Gasteiger partial charge in [0.05, 0.1) is 0 Å². The van der Waals surface area contributed by atoms with Gasteiger partial charge in [0.15, 0.2) is 11.3 Å². The molecule has 0 bridgehead atoms. The summed E-state index contributed by atoms with van der Waals surface area (Å²) in [6.07, 6.45) is 3.56. The molecule has 0 radical (unpaired) electrons. The Hall–Kier alpha value is -2.25. The molecule has 0 aromatic carbocycles. The van der Waals surface area contributed by atoms with Crippen molar-refractivity contribution in [3.8, 4) is 0 Å². The normalized spacial score (nSPS) is 12.6. The Kier molecular flexibility index (Phi) is 4.11. The smallest absolute Gasteiger partial charge is 0.361 e.